The van der Waals surface area contributed by atoms with Crippen LogP contribution in [0.1, 0.15) is 31.9 Å². The van der Waals surface area contributed by atoms with Gasteiger partial charge in [0.15, 0.2) is 0 Å². The number of ether oxygens (including phenoxy) is 2. The van der Waals surface area contributed by atoms with Gasteiger partial charge in [-0.1, -0.05) is 20.3 Å². The predicted molar refractivity (Wildman–Crippen MR) is 79.6 cm³/mol. The molecular weight excluding hydrogens is 310 g/mol. The van der Waals surface area contributed by atoms with Gasteiger partial charge in [0.05, 0.1) is 26.4 Å². The maximum absolute atomic E-state index is 10.2. The molecule has 1 rings (SSSR count). The minimum Gasteiger partial charge on any atom is -0.495 e. The highest BCUT2D eigenvalue weighted by atomic mass is 79.9. The van der Waals surface area contributed by atoms with Gasteiger partial charge in [0.2, 0.25) is 0 Å². The van der Waals surface area contributed by atoms with E-state index in [1.165, 1.54) is 0 Å². The normalized spacial score (nSPS) is 15.7. The van der Waals surface area contributed by atoms with E-state index < -0.39 is 12.1 Å². The summed E-state index contributed by atoms with van der Waals surface area (Å²) in [6.45, 7) is 4.02. The first kappa shape index (κ1) is 16.3. The number of hydrogen-bond acceptors (Lipinski definition) is 4. The minimum absolute atomic E-state index is 0.135. The van der Waals surface area contributed by atoms with Crippen LogP contribution < -0.4 is 15.2 Å². The highest BCUT2D eigenvalue weighted by molar-refractivity contribution is 9.10. The van der Waals surface area contributed by atoms with E-state index in [4.69, 9.17) is 15.2 Å². The van der Waals surface area contributed by atoms with Crippen LogP contribution in [0.2, 0.25) is 0 Å². The number of methoxy groups -OCH3 is 2. The quantitative estimate of drug-likeness (QED) is 0.841. The molecule has 3 N–H and O–H groups in total. The van der Waals surface area contributed by atoms with Crippen LogP contribution in [0, 0.1) is 5.92 Å². The Morgan fingerprint density at radius 2 is 1.74 bits per heavy atom. The number of halogens is 1. The van der Waals surface area contributed by atoms with E-state index >= 15 is 0 Å². The molecule has 0 saturated heterocycles. The van der Waals surface area contributed by atoms with Gasteiger partial charge in [-0.3, -0.25) is 0 Å². The van der Waals surface area contributed by atoms with E-state index in [1.54, 1.807) is 14.2 Å². The summed E-state index contributed by atoms with van der Waals surface area (Å²) in [7, 11) is 3.17. The SMILES string of the molecule is CCC(C)[C@@H](O)[C@@H](N)c1cc(OC)c(Br)c(OC)c1. The van der Waals surface area contributed by atoms with Crippen LogP contribution in [-0.2, 0) is 0 Å². The van der Waals surface area contributed by atoms with E-state index in [0.717, 1.165) is 16.5 Å². The lowest BCUT2D eigenvalue weighted by Gasteiger charge is -2.25. The Hall–Kier alpha value is -0.780. The molecule has 1 aromatic rings. The third-order valence-corrected chi connectivity index (χ3v) is 4.23. The summed E-state index contributed by atoms with van der Waals surface area (Å²) in [6.07, 6.45) is 0.278. The summed E-state index contributed by atoms with van der Waals surface area (Å²) in [4.78, 5) is 0. The Balaban J connectivity index is 3.12. The van der Waals surface area contributed by atoms with Crippen molar-refractivity contribution in [1.29, 1.82) is 0 Å². The largest absolute Gasteiger partial charge is 0.495 e. The molecule has 0 bridgehead atoms. The average Bonchev–Trinajstić information content (AvgIpc) is 2.44. The standard InChI is InChI=1S/C14H22BrNO3/c1-5-8(2)14(17)13(16)9-6-10(18-3)12(15)11(7-9)19-4/h6-8,13-14,17H,5,16H2,1-4H3/t8?,13-,14+/m0/s1. The second-order valence-corrected chi connectivity index (χ2v) is 5.43. The molecule has 19 heavy (non-hydrogen) atoms. The highest BCUT2D eigenvalue weighted by Crippen LogP contribution is 2.38. The minimum atomic E-state index is -0.597. The average molecular weight is 332 g/mol. The van der Waals surface area contributed by atoms with Crippen LogP contribution in [0.4, 0.5) is 0 Å². The first-order valence-electron chi connectivity index (χ1n) is 6.31. The van der Waals surface area contributed by atoms with Crippen molar-refractivity contribution in [3.05, 3.63) is 22.2 Å². The van der Waals surface area contributed by atoms with Crippen LogP contribution in [-0.4, -0.2) is 25.4 Å². The van der Waals surface area contributed by atoms with Crippen molar-refractivity contribution in [3.8, 4) is 11.5 Å². The molecule has 0 aliphatic rings. The van der Waals surface area contributed by atoms with Crippen molar-refractivity contribution >= 4 is 15.9 Å². The fraction of sp³-hybridized carbons (Fsp3) is 0.571. The summed E-state index contributed by atoms with van der Waals surface area (Å²) in [6, 6.07) is 3.18. The fourth-order valence-corrected chi connectivity index (χ4v) is 2.43. The predicted octanol–water partition coefficient (Wildman–Crippen LogP) is 2.87. The summed E-state index contributed by atoms with van der Waals surface area (Å²) in [5, 5.41) is 10.2. The Morgan fingerprint density at radius 3 is 2.11 bits per heavy atom. The molecule has 1 aromatic carbocycles. The van der Waals surface area contributed by atoms with E-state index in [9.17, 15) is 5.11 Å². The van der Waals surface area contributed by atoms with Crippen molar-refractivity contribution < 1.29 is 14.6 Å². The third kappa shape index (κ3) is 3.61. The van der Waals surface area contributed by atoms with Crippen molar-refractivity contribution in [3.63, 3.8) is 0 Å². The maximum Gasteiger partial charge on any atom is 0.137 e. The van der Waals surface area contributed by atoms with Crippen molar-refractivity contribution in [2.75, 3.05) is 14.2 Å². The molecule has 0 heterocycles. The summed E-state index contributed by atoms with van der Waals surface area (Å²) in [5.41, 5.74) is 6.93. The lowest BCUT2D eigenvalue weighted by Crippen LogP contribution is -2.31. The summed E-state index contributed by atoms with van der Waals surface area (Å²) >= 11 is 3.41. The van der Waals surface area contributed by atoms with Gasteiger partial charge in [-0.05, 0) is 39.5 Å². The van der Waals surface area contributed by atoms with Gasteiger partial charge in [0, 0.05) is 0 Å². The molecule has 0 aromatic heterocycles. The lowest BCUT2D eigenvalue weighted by atomic mass is 9.91. The summed E-state index contributed by atoms with van der Waals surface area (Å²) in [5.74, 6) is 1.41. The van der Waals surface area contributed by atoms with Gasteiger partial charge < -0.3 is 20.3 Å². The number of hydrogen-bond donors (Lipinski definition) is 2. The van der Waals surface area contributed by atoms with E-state index in [1.807, 2.05) is 26.0 Å². The van der Waals surface area contributed by atoms with Crippen molar-refractivity contribution in [2.24, 2.45) is 11.7 Å². The third-order valence-electron chi connectivity index (χ3n) is 3.45. The molecule has 0 amide bonds. The van der Waals surface area contributed by atoms with Crippen LogP contribution in [0.5, 0.6) is 11.5 Å². The fourth-order valence-electron chi connectivity index (χ4n) is 1.87. The van der Waals surface area contributed by atoms with Gasteiger partial charge in [-0.15, -0.1) is 0 Å². The van der Waals surface area contributed by atoms with Gasteiger partial charge in [-0.2, -0.15) is 0 Å². The molecule has 0 radical (unpaired) electrons. The van der Waals surface area contributed by atoms with E-state index in [2.05, 4.69) is 15.9 Å². The van der Waals surface area contributed by atoms with Crippen LogP contribution in [0.25, 0.3) is 0 Å². The van der Waals surface area contributed by atoms with E-state index in [0.29, 0.717) is 11.5 Å². The van der Waals surface area contributed by atoms with E-state index in [-0.39, 0.29) is 5.92 Å². The van der Waals surface area contributed by atoms with Gasteiger partial charge in [-0.25, -0.2) is 0 Å². The molecule has 0 spiro atoms. The molecule has 0 saturated carbocycles. The Morgan fingerprint density at radius 1 is 1.26 bits per heavy atom. The van der Waals surface area contributed by atoms with Gasteiger partial charge in [0.25, 0.3) is 0 Å². The summed E-state index contributed by atoms with van der Waals surface area (Å²) < 4.78 is 11.3. The van der Waals surface area contributed by atoms with Crippen LogP contribution in [0.3, 0.4) is 0 Å². The zero-order valence-electron chi connectivity index (χ0n) is 11.8. The number of aliphatic hydroxyl groups excluding tert-OH is 1. The number of nitrogens with two attached hydrogens (primary N) is 1. The molecule has 108 valence electrons. The van der Waals surface area contributed by atoms with Crippen molar-refractivity contribution in [2.45, 2.75) is 32.4 Å². The number of aliphatic hydroxyl groups is 1. The topological polar surface area (TPSA) is 64.7 Å². The van der Waals surface area contributed by atoms with Crippen LogP contribution >= 0.6 is 15.9 Å². The first-order valence-corrected chi connectivity index (χ1v) is 7.10. The Kier molecular flexibility index (Phi) is 6.10. The second kappa shape index (κ2) is 7.12. The number of rotatable bonds is 6. The smallest absolute Gasteiger partial charge is 0.137 e. The molecule has 5 heteroatoms. The molecular formula is C14H22BrNO3. The van der Waals surface area contributed by atoms with Crippen LogP contribution in [0.15, 0.2) is 16.6 Å². The van der Waals surface area contributed by atoms with Gasteiger partial charge >= 0.3 is 0 Å². The molecule has 0 aliphatic carbocycles. The number of benzene rings is 1. The van der Waals surface area contributed by atoms with Gasteiger partial charge in [0.1, 0.15) is 16.0 Å². The molecule has 4 nitrogen and oxygen atoms in total. The highest BCUT2D eigenvalue weighted by Gasteiger charge is 2.24. The zero-order chi connectivity index (χ0) is 14.6. The molecule has 0 aliphatic heterocycles. The Bertz CT molecular complexity index is 400. The lowest BCUT2D eigenvalue weighted by molar-refractivity contribution is 0.0878. The monoisotopic (exact) mass is 331 g/mol. The van der Waals surface area contributed by atoms with Crippen molar-refractivity contribution in [1.82, 2.24) is 0 Å². The molecule has 0 fully saturated rings. The second-order valence-electron chi connectivity index (χ2n) is 4.64. The maximum atomic E-state index is 10.2. The molecule has 1 unspecified atom stereocenters. The first-order chi connectivity index (χ1) is 8.96. The molecule has 3 atom stereocenters. The Labute approximate surface area is 123 Å². The zero-order valence-corrected chi connectivity index (χ0v) is 13.4.